The summed E-state index contributed by atoms with van der Waals surface area (Å²) in [5.74, 6) is -0.259. The Labute approximate surface area is 114 Å². The quantitative estimate of drug-likeness (QED) is 0.817. The number of nitrogens with one attached hydrogen (secondary N) is 1. The average molecular weight is 270 g/mol. The van der Waals surface area contributed by atoms with E-state index in [2.05, 4.69) is 19.2 Å². The molecule has 0 radical (unpaired) electrons. The lowest BCUT2D eigenvalue weighted by Gasteiger charge is -2.25. The van der Waals surface area contributed by atoms with Crippen LogP contribution in [0.2, 0.25) is 5.02 Å². The van der Waals surface area contributed by atoms with Crippen LogP contribution in [0, 0.1) is 11.2 Å². The first-order chi connectivity index (χ1) is 8.57. The first kappa shape index (κ1) is 13.8. The maximum absolute atomic E-state index is 13.0. The SMILES string of the molecule is CCCNC(C)C1(Cc2ccc(F)cc2Cl)CC1. The molecule has 0 aliphatic heterocycles. The maximum atomic E-state index is 13.0. The lowest BCUT2D eigenvalue weighted by Crippen LogP contribution is -2.36. The highest BCUT2D eigenvalue weighted by atomic mass is 35.5. The number of hydrogen-bond acceptors (Lipinski definition) is 1. The van der Waals surface area contributed by atoms with Crippen LogP contribution in [0.1, 0.15) is 38.7 Å². The fourth-order valence-corrected chi connectivity index (χ4v) is 2.78. The Kier molecular flexibility index (Phi) is 4.29. The molecule has 1 aliphatic carbocycles. The molecule has 1 aromatic carbocycles. The molecule has 0 amide bonds. The van der Waals surface area contributed by atoms with Crippen LogP contribution in [-0.4, -0.2) is 12.6 Å². The van der Waals surface area contributed by atoms with Crippen molar-refractivity contribution in [2.75, 3.05) is 6.54 Å². The Morgan fingerprint density at radius 1 is 1.44 bits per heavy atom. The molecule has 1 unspecified atom stereocenters. The Bertz CT molecular complexity index is 415. The predicted octanol–water partition coefficient (Wildman–Crippen LogP) is 4.19. The summed E-state index contributed by atoms with van der Waals surface area (Å²) in [4.78, 5) is 0. The van der Waals surface area contributed by atoms with Gasteiger partial charge in [-0.2, -0.15) is 0 Å². The molecule has 1 aromatic rings. The van der Waals surface area contributed by atoms with Crippen molar-refractivity contribution < 1.29 is 4.39 Å². The molecule has 0 saturated heterocycles. The van der Waals surface area contributed by atoms with Gasteiger partial charge < -0.3 is 5.32 Å². The largest absolute Gasteiger partial charge is 0.314 e. The topological polar surface area (TPSA) is 12.0 Å². The molecule has 0 aromatic heterocycles. The standard InChI is InChI=1S/C15H21ClFN/c1-3-8-18-11(2)15(6-7-15)10-12-4-5-13(17)9-14(12)16/h4-5,9,11,18H,3,6-8,10H2,1-2H3. The van der Waals surface area contributed by atoms with E-state index in [9.17, 15) is 4.39 Å². The molecule has 0 spiro atoms. The molecule has 2 rings (SSSR count). The van der Waals surface area contributed by atoms with Gasteiger partial charge in [0.05, 0.1) is 0 Å². The van der Waals surface area contributed by atoms with E-state index in [0.717, 1.165) is 24.9 Å². The van der Waals surface area contributed by atoms with Gasteiger partial charge in [-0.25, -0.2) is 4.39 Å². The van der Waals surface area contributed by atoms with Gasteiger partial charge in [0.25, 0.3) is 0 Å². The fraction of sp³-hybridized carbons (Fsp3) is 0.600. The summed E-state index contributed by atoms with van der Waals surface area (Å²) in [7, 11) is 0. The van der Waals surface area contributed by atoms with Crippen molar-refractivity contribution in [3.63, 3.8) is 0 Å². The second kappa shape index (κ2) is 5.58. The highest BCUT2D eigenvalue weighted by Gasteiger charge is 2.47. The van der Waals surface area contributed by atoms with Gasteiger partial charge in [0.1, 0.15) is 5.82 Å². The van der Waals surface area contributed by atoms with Crippen LogP contribution in [0.25, 0.3) is 0 Å². The minimum atomic E-state index is -0.259. The van der Waals surface area contributed by atoms with Crippen molar-refractivity contribution in [3.05, 3.63) is 34.6 Å². The van der Waals surface area contributed by atoms with Gasteiger partial charge in [-0.15, -0.1) is 0 Å². The van der Waals surface area contributed by atoms with E-state index in [1.54, 1.807) is 0 Å². The van der Waals surface area contributed by atoms with Gasteiger partial charge >= 0.3 is 0 Å². The van der Waals surface area contributed by atoms with E-state index in [-0.39, 0.29) is 5.82 Å². The zero-order valence-electron chi connectivity index (χ0n) is 11.1. The molecule has 1 fully saturated rings. The lowest BCUT2D eigenvalue weighted by molar-refractivity contribution is 0.350. The molecule has 1 aliphatic rings. The molecule has 1 nitrogen and oxygen atoms in total. The second-order valence-corrected chi connectivity index (χ2v) is 5.86. The minimum absolute atomic E-state index is 0.259. The zero-order valence-corrected chi connectivity index (χ0v) is 11.9. The van der Waals surface area contributed by atoms with Crippen LogP contribution in [0.15, 0.2) is 18.2 Å². The van der Waals surface area contributed by atoms with E-state index >= 15 is 0 Å². The third-order valence-electron chi connectivity index (χ3n) is 4.07. The fourth-order valence-electron chi connectivity index (χ4n) is 2.55. The number of rotatable bonds is 6. The number of benzene rings is 1. The Balaban J connectivity index is 2.04. The van der Waals surface area contributed by atoms with E-state index < -0.39 is 0 Å². The molecule has 100 valence electrons. The Hall–Kier alpha value is -0.600. The molecule has 1 saturated carbocycles. The zero-order chi connectivity index (χ0) is 13.2. The van der Waals surface area contributed by atoms with Gasteiger partial charge in [0, 0.05) is 11.1 Å². The smallest absolute Gasteiger partial charge is 0.124 e. The third kappa shape index (κ3) is 3.04. The maximum Gasteiger partial charge on any atom is 0.124 e. The van der Waals surface area contributed by atoms with Gasteiger partial charge in [-0.1, -0.05) is 24.6 Å². The number of hydrogen-bond donors (Lipinski definition) is 1. The van der Waals surface area contributed by atoms with Gasteiger partial charge in [0.15, 0.2) is 0 Å². The summed E-state index contributed by atoms with van der Waals surface area (Å²) < 4.78 is 13.0. The van der Waals surface area contributed by atoms with Crippen LogP contribution in [0.3, 0.4) is 0 Å². The molecular formula is C15H21ClFN. The van der Waals surface area contributed by atoms with E-state index in [1.807, 2.05) is 6.07 Å². The molecule has 3 heteroatoms. The monoisotopic (exact) mass is 269 g/mol. The van der Waals surface area contributed by atoms with E-state index in [0.29, 0.717) is 16.5 Å². The molecule has 0 bridgehead atoms. The summed E-state index contributed by atoms with van der Waals surface area (Å²) in [5.41, 5.74) is 1.40. The van der Waals surface area contributed by atoms with Crippen LogP contribution in [0.5, 0.6) is 0 Å². The summed E-state index contributed by atoms with van der Waals surface area (Å²) in [5, 5.41) is 4.13. The lowest BCUT2D eigenvalue weighted by atomic mass is 9.89. The van der Waals surface area contributed by atoms with Crippen molar-refractivity contribution >= 4 is 11.6 Å². The first-order valence-electron chi connectivity index (χ1n) is 6.75. The summed E-state index contributed by atoms with van der Waals surface area (Å²) in [6, 6.07) is 5.24. The minimum Gasteiger partial charge on any atom is -0.314 e. The van der Waals surface area contributed by atoms with Crippen molar-refractivity contribution in [1.82, 2.24) is 5.32 Å². The van der Waals surface area contributed by atoms with E-state index in [1.165, 1.54) is 25.0 Å². The van der Waals surface area contributed by atoms with Crippen LogP contribution < -0.4 is 5.32 Å². The van der Waals surface area contributed by atoms with Crippen molar-refractivity contribution in [1.29, 1.82) is 0 Å². The van der Waals surface area contributed by atoms with Crippen LogP contribution in [-0.2, 0) is 6.42 Å². The normalized spacial score (nSPS) is 18.7. The van der Waals surface area contributed by atoms with Crippen LogP contribution >= 0.6 is 11.6 Å². The number of halogens is 2. The molecule has 18 heavy (non-hydrogen) atoms. The molecular weight excluding hydrogens is 249 g/mol. The summed E-state index contributed by atoms with van der Waals surface area (Å²) in [6.45, 7) is 5.48. The second-order valence-electron chi connectivity index (χ2n) is 5.45. The highest BCUT2D eigenvalue weighted by Crippen LogP contribution is 2.51. The van der Waals surface area contributed by atoms with Crippen LogP contribution in [0.4, 0.5) is 4.39 Å². The molecule has 1 N–H and O–H groups in total. The van der Waals surface area contributed by atoms with Gasteiger partial charge in [0.2, 0.25) is 0 Å². The molecule has 1 atom stereocenters. The van der Waals surface area contributed by atoms with Gasteiger partial charge in [-0.3, -0.25) is 0 Å². The van der Waals surface area contributed by atoms with Crippen molar-refractivity contribution in [2.24, 2.45) is 5.41 Å². The average Bonchev–Trinajstić information content (AvgIpc) is 3.11. The van der Waals surface area contributed by atoms with Crippen molar-refractivity contribution in [3.8, 4) is 0 Å². The van der Waals surface area contributed by atoms with Gasteiger partial charge in [-0.05, 0) is 62.3 Å². The first-order valence-corrected chi connectivity index (χ1v) is 7.12. The van der Waals surface area contributed by atoms with E-state index in [4.69, 9.17) is 11.6 Å². The third-order valence-corrected chi connectivity index (χ3v) is 4.42. The molecule has 0 heterocycles. The summed E-state index contributed by atoms with van der Waals surface area (Å²) >= 11 is 6.11. The highest BCUT2D eigenvalue weighted by molar-refractivity contribution is 6.31. The van der Waals surface area contributed by atoms with Crippen molar-refractivity contribution in [2.45, 2.75) is 45.6 Å². The Morgan fingerprint density at radius 3 is 2.72 bits per heavy atom. The Morgan fingerprint density at radius 2 is 2.17 bits per heavy atom. The predicted molar refractivity (Wildman–Crippen MR) is 74.5 cm³/mol. The summed E-state index contributed by atoms with van der Waals surface area (Å²) in [6.07, 6.45) is 4.57.